The molecule has 0 spiro atoms. The van der Waals surface area contributed by atoms with Gasteiger partial charge < -0.3 is 9.84 Å². The monoisotopic (exact) mass is 531 g/mol. The second-order valence-corrected chi connectivity index (χ2v) is 11.6. The summed E-state index contributed by atoms with van der Waals surface area (Å²) in [7, 11) is -4.39. The Kier molecular flexibility index (Phi) is 6.90. The van der Waals surface area contributed by atoms with Crippen molar-refractivity contribution in [1.29, 1.82) is 0 Å². The maximum atomic E-state index is 13.9. The van der Waals surface area contributed by atoms with Crippen molar-refractivity contribution in [3.8, 4) is 17.0 Å². The average Bonchev–Trinajstić information content (AvgIpc) is 3.31. The molecule has 0 amide bonds. The van der Waals surface area contributed by atoms with E-state index in [1.807, 2.05) is 51.1 Å². The highest BCUT2D eigenvalue weighted by molar-refractivity contribution is 7.91. The summed E-state index contributed by atoms with van der Waals surface area (Å²) in [6.07, 6.45) is 4.61. The first-order valence-corrected chi connectivity index (χ1v) is 14.0. The zero-order chi connectivity index (χ0) is 27.0. The largest absolute Gasteiger partial charge is 0.492 e. The molecule has 0 unspecified atom stereocenters. The number of aromatic hydroxyl groups is 1. The van der Waals surface area contributed by atoms with Crippen LogP contribution in [0.5, 0.6) is 5.88 Å². The number of hydrogen-bond acceptors (Lipinski definition) is 7. The minimum absolute atomic E-state index is 0.0422. The van der Waals surface area contributed by atoms with Crippen molar-refractivity contribution in [1.82, 2.24) is 14.5 Å². The van der Waals surface area contributed by atoms with E-state index in [-0.39, 0.29) is 23.4 Å². The smallest absolute Gasteiger partial charge is 0.277 e. The summed E-state index contributed by atoms with van der Waals surface area (Å²) in [6.45, 7) is 5.58. The first-order chi connectivity index (χ1) is 18.2. The Morgan fingerprint density at radius 1 is 1.11 bits per heavy atom. The van der Waals surface area contributed by atoms with Crippen molar-refractivity contribution in [2.24, 2.45) is 0 Å². The number of hydrogen-bond donors (Lipinski definition) is 1. The highest BCUT2D eigenvalue weighted by atomic mass is 32.2. The fraction of sp³-hybridized carbons (Fsp3) is 0.276. The number of benzene rings is 2. The van der Waals surface area contributed by atoms with E-state index in [9.17, 15) is 18.3 Å². The summed E-state index contributed by atoms with van der Waals surface area (Å²) in [4.78, 5) is 21.4. The normalized spacial score (nSPS) is 15.1. The molecule has 1 aliphatic rings. The molecule has 0 fully saturated rings. The van der Waals surface area contributed by atoms with E-state index < -0.39 is 32.2 Å². The molecular formula is C29H29N3O5S. The van der Waals surface area contributed by atoms with Crippen molar-refractivity contribution >= 4 is 9.84 Å². The van der Waals surface area contributed by atoms with Crippen molar-refractivity contribution in [2.45, 2.75) is 62.2 Å². The second kappa shape index (κ2) is 10.2. The Bertz CT molecular complexity index is 1660. The molecule has 0 saturated carbocycles. The van der Waals surface area contributed by atoms with Crippen molar-refractivity contribution in [3.05, 3.63) is 99.9 Å². The van der Waals surface area contributed by atoms with E-state index >= 15 is 0 Å². The molecule has 0 aliphatic heterocycles. The maximum absolute atomic E-state index is 13.9. The van der Waals surface area contributed by atoms with E-state index in [0.717, 1.165) is 34.2 Å². The Balaban J connectivity index is 1.63. The molecule has 0 radical (unpaired) electrons. The molecule has 2 heterocycles. The van der Waals surface area contributed by atoms with Crippen LogP contribution >= 0.6 is 0 Å². The molecule has 1 atom stereocenters. The highest BCUT2D eigenvalue weighted by Gasteiger charge is 2.34. The van der Waals surface area contributed by atoms with Crippen molar-refractivity contribution in [2.75, 3.05) is 0 Å². The number of aryl methyl sites for hydroxylation is 2. The summed E-state index contributed by atoms with van der Waals surface area (Å²) in [6, 6.07) is 15.4. The van der Waals surface area contributed by atoms with Gasteiger partial charge in [0.05, 0.1) is 17.0 Å². The van der Waals surface area contributed by atoms with Gasteiger partial charge in [-0.1, -0.05) is 36.4 Å². The molecule has 1 N–H and O–H groups in total. The molecule has 0 bridgehead atoms. The quantitative estimate of drug-likeness (QED) is 0.371. The van der Waals surface area contributed by atoms with Gasteiger partial charge in [-0.3, -0.25) is 14.3 Å². The Labute approximate surface area is 221 Å². The highest BCUT2D eigenvalue weighted by Crippen LogP contribution is 2.35. The predicted octanol–water partition coefficient (Wildman–Crippen LogP) is 4.61. The maximum Gasteiger partial charge on any atom is 0.277 e. The molecule has 1 aliphatic carbocycles. The van der Waals surface area contributed by atoms with Gasteiger partial charge in [-0.25, -0.2) is 8.42 Å². The number of rotatable bonds is 7. The molecule has 5 rings (SSSR count). The number of sulfone groups is 1. The number of nitrogens with zero attached hydrogens (tertiary/aromatic N) is 3. The van der Waals surface area contributed by atoms with E-state index in [1.165, 1.54) is 16.7 Å². The number of fused-ring (bicyclic) bond motifs is 1. The van der Waals surface area contributed by atoms with Gasteiger partial charge >= 0.3 is 0 Å². The standard InChI is InChI=1S/C29H29N3O5S/c1-18(2)37-17-26-31-28(33)27(29(34)32(26)25-13-10-20-6-4-5-7-24(20)25)38(35,36)22-11-8-21(9-12-22)23-14-15-30-16-19(23)3/h4-9,11-12,14-16,18,25,33H,10,13,17H2,1-3H3/t25-/m0/s1. The number of pyridine rings is 1. The SMILES string of the molecule is Cc1cnccc1-c1ccc(S(=O)(=O)c2c(O)nc(COC(C)C)n([C@H]3CCc4ccccc43)c2=O)cc1. The summed E-state index contributed by atoms with van der Waals surface area (Å²) in [5, 5.41) is 10.8. The lowest BCUT2D eigenvalue weighted by Crippen LogP contribution is -2.33. The molecule has 2 aromatic carbocycles. The van der Waals surface area contributed by atoms with Gasteiger partial charge in [0.1, 0.15) is 12.4 Å². The Morgan fingerprint density at radius 3 is 2.55 bits per heavy atom. The molecule has 38 heavy (non-hydrogen) atoms. The fourth-order valence-corrected chi connectivity index (χ4v) is 6.32. The van der Waals surface area contributed by atoms with Crippen LogP contribution in [0.25, 0.3) is 11.1 Å². The second-order valence-electron chi connectivity index (χ2n) is 9.69. The summed E-state index contributed by atoms with van der Waals surface area (Å²) in [5.41, 5.74) is 3.91. The Hall–Kier alpha value is -3.82. The zero-order valence-electron chi connectivity index (χ0n) is 21.5. The van der Waals surface area contributed by atoms with Crippen LogP contribution in [0, 0.1) is 6.92 Å². The van der Waals surface area contributed by atoms with Gasteiger partial charge in [0.15, 0.2) is 4.90 Å². The van der Waals surface area contributed by atoms with Crippen LogP contribution in [0.2, 0.25) is 0 Å². The summed E-state index contributed by atoms with van der Waals surface area (Å²) >= 11 is 0. The fourth-order valence-electron chi connectivity index (χ4n) is 4.98. The van der Waals surface area contributed by atoms with Gasteiger partial charge in [0, 0.05) is 12.4 Å². The molecule has 4 aromatic rings. The van der Waals surface area contributed by atoms with Crippen LogP contribution in [0.1, 0.15) is 48.8 Å². The summed E-state index contributed by atoms with van der Waals surface area (Å²) < 4.78 is 34.5. The third-order valence-corrected chi connectivity index (χ3v) is 8.64. The third-order valence-electron chi connectivity index (χ3n) is 6.85. The van der Waals surface area contributed by atoms with Crippen LogP contribution in [0.4, 0.5) is 0 Å². The predicted molar refractivity (Wildman–Crippen MR) is 143 cm³/mol. The van der Waals surface area contributed by atoms with Gasteiger partial charge in [-0.2, -0.15) is 4.98 Å². The van der Waals surface area contributed by atoms with Crippen LogP contribution in [-0.2, 0) is 27.6 Å². The third kappa shape index (κ3) is 4.63. The topological polar surface area (TPSA) is 111 Å². The molecule has 2 aromatic heterocycles. The van der Waals surface area contributed by atoms with E-state index in [1.54, 1.807) is 24.5 Å². The molecule has 196 valence electrons. The van der Waals surface area contributed by atoms with Crippen LogP contribution < -0.4 is 5.56 Å². The summed E-state index contributed by atoms with van der Waals surface area (Å²) in [5.74, 6) is -0.640. The van der Waals surface area contributed by atoms with Crippen LogP contribution in [0.3, 0.4) is 0 Å². The minimum Gasteiger partial charge on any atom is -0.492 e. The van der Waals surface area contributed by atoms with Gasteiger partial charge in [0.25, 0.3) is 5.56 Å². The van der Waals surface area contributed by atoms with E-state index in [2.05, 4.69) is 9.97 Å². The Morgan fingerprint density at radius 2 is 1.84 bits per heavy atom. The molecular weight excluding hydrogens is 502 g/mol. The van der Waals surface area contributed by atoms with Gasteiger partial charge in [-0.05, 0) is 79.6 Å². The van der Waals surface area contributed by atoms with Gasteiger partial charge in [0.2, 0.25) is 15.7 Å². The first-order valence-electron chi connectivity index (χ1n) is 12.5. The lowest BCUT2D eigenvalue weighted by Gasteiger charge is -2.21. The molecule has 9 heteroatoms. The van der Waals surface area contributed by atoms with E-state index in [4.69, 9.17) is 4.74 Å². The lowest BCUT2D eigenvalue weighted by atomic mass is 10.0. The van der Waals surface area contributed by atoms with Gasteiger partial charge in [-0.15, -0.1) is 0 Å². The lowest BCUT2D eigenvalue weighted by molar-refractivity contribution is 0.0574. The van der Waals surface area contributed by atoms with Crippen LogP contribution in [-0.4, -0.2) is 34.2 Å². The first kappa shape index (κ1) is 25.8. The number of aromatic nitrogens is 3. The minimum atomic E-state index is -4.39. The average molecular weight is 532 g/mol. The molecule has 8 nitrogen and oxygen atoms in total. The number of ether oxygens (including phenoxy) is 1. The van der Waals surface area contributed by atoms with Crippen molar-refractivity contribution < 1.29 is 18.3 Å². The van der Waals surface area contributed by atoms with E-state index in [0.29, 0.717) is 6.42 Å². The van der Waals surface area contributed by atoms with Crippen LogP contribution in [0.15, 0.2) is 81.6 Å². The van der Waals surface area contributed by atoms with Crippen molar-refractivity contribution in [3.63, 3.8) is 0 Å². The molecule has 0 saturated heterocycles. The zero-order valence-corrected chi connectivity index (χ0v) is 22.3.